The summed E-state index contributed by atoms with van der Waals surface area (Å²) in [5.74, 6) is 0.676. The highest BCUT2D eigenvalue weighted by molar-refractivity contribution is 6.17. The molecule has 12 rings (SSSR count). The third-order valence-corrected chi connectivity index (χ3v) is 11.9. The molecule has 290 valence electrons. The Morgan fingerprint density at radius 2 is 0.774 bits per heavy atom. The van der Waals surface area contributed by atoms with E-state index in [2.05, 4.69) is 176 Å². The molecule has 0 N–H and O–H groups in total. The molecule has 0 atom stereocenters. The van der Waals surface area contributed by atoms with E-state index >= 15 is 0 Å². The number of rotatable bonds is 7. The van der Waals surface area contributed by atoms with Crippen molar-refractivity contribution in [3.63, 3.8) is 0 Å². The first-order valence-electron chi connectivity index (χ1n) is 20.9. The number of fused-ring (bicyclic) bond motifs is 6. The molecule has 0 bridgehead atoms. The Bertz CT molecular complexity index is 3550. The maximum atomic E-state index is 6.73. The maximum Gasteiger partial charge on any atom is 0.160 e. The minimum atomic E-state index is 0.676. The average molecular weight is 793 g/mol. The van der Waals surface area contributed by atoms with Gasteiger partial charge in [0.25, 0.3) is 0 Å². The topological polar surface area (TPSA) is 52.1 Å². The number of nitrogens with zero attached hydrogens (tertiary/aromatic N) is 2. The molecule has 4 heteroatoms. The summed E-state index contributed by atoms with van der Waals surface area (Å²) >= 11 is 0. The molecule has 9 aromatic carbocycles. The molecule has 4 nitrogen and oxygen atoms in total. The van der Waals surface area contributed by atoms with Crippen LogP contribution in [0.3, 0.4) is 0 Å². The summed E-state index contributed by atoms with van der Waals surface area (Å²) in [6.07, 6.45) is 0. The molecule has 62 heavy (non-hydrogen) atoms. The van der Waals surface area contributed by atoms with Crippen molar-refractivity contribution in [3.8, 4) is 78.4 Å². The molecule has 0 radical (unpaired) electrons. The van der Waals surface area contributed by atoms with Gasteiger partial charge in [0.15, 0.2) is 5.82 Å². The first-order chi connectivity index (χ1) is 30.7. The normalized spacial score (nSPS) is 11.5. The number of aromatic nitrogens is 2. The average Bonchev–Trinajstić information content (AvgIpc) is 3.93. The van der Waals surface area contributed by atoms with Crippen molar-refractivity contribution >= 4 is 43.9 Å². The first kappa shape index (κ1) is 35.6. The van der Waals surface area contributed by atoms with Crippen LogP contribution < -0.4 is 0 Å². The van der Waals surface area contributed by atoms with Gasteiger partial charge in [0.05, 0.1) is 11.4 Å². The highest BCUT2D eigenvalue weighted by Gasteiger charge is 2.19. The fourth-order valence-electron chi connectivity index (χ4n) is 8.84. The van der Waals surface area contributed by atoms with Gasteiger partial charge in [-0.15, -0.1) is 0 Å². The summed E-state index contributed by atoms with van der Waals surface area (Å²) in [5.41, 5.74) is 17.0. The Hall–Kier alpha value is -8.34. The molecule has 0 aliphatic carbocycles. The van der Waals surface area contributed by atoms with Crippen LogP contribution in [0.5, 0.6) is 0 Å². The van der Waals surface area contributed by atoms with Crippen molar-refractivity contribution < 1.29 is 8.83 Å². The van der Waals surface area contributed by atoms with E-state index in [1.54, 1.807) is 0 Å². The molecule has 3 aromatic heterocycles. The quantitative estimate of drug-likeness (QED) is 0.161. The molecule has 0 spiro atoms. The summed E-state index contributed by atoms with van der Waals surface area (Å²) < 4.78 is 12.9. The van der Waals surface area contributed by atoms with Gasteiger partial charge < -0.3 is 8.83 Å². The van der Waals surface area contributed by atoms with Crippen LogP contribution in [0, 0.1) is 0 Å². The second-order valence-corrected chi connectivity index (χ2v) is 15.7. The zero-order chi connectivity index (χ0) is 41.0. The Labute approximate surface area is 358 Å². The van der Waals surface area contributed by atoms with E-state index in [9.17, 15) is 0 Å². The van der Waals surface area contributed by atoms with Crippen LogP contribution in [0.4, 0.5) is 0 Å². The predicted octanol–water partition coefficient (Wildman–Crippen LogP) is 15.9. The second-order valence-electron chi connectivity index (χ2n) is 15.7. The van der Waals surface area contributed by atoms with Crippen LogP contribution in [0.15, 0.2) is 227 Å². The Kier molecular flexibility index (Phi) is 8.46. The van der Waals surface area contributed by atoms with Crippen LogP contribution in [0.25, 0.3) is 122 Å². The molecule has 0 amide bonds. The van der Waals surface area contributed by atoms with Crippen LogP contribution in [-0.2, 0) is 0 Å². The lowest BCUT2D eigenvalue weighted by Gasteiger charge is -2.13. The van der Waals surface area contributed by atoms with Gasteiger partial charge in [-0.3, -0.25) is 0 Å². The summed E-state index contributed by atoms with van der Waals surface area (Å²) in [5, 5.41) is 4.39. The van der Waals surface area contributed by atoms with E-state index in [1.807, 2.05) is 42.5 Å². The summed E-state index contributed by atoms with van der Waals surface area (Å²) in [4.78, 5) is 10.4. The molecule has 0 saturated carbocycles. The molecule has 0 saturated heterocycles. The van der Waals surface area contributed by atoms with E-state index in [4.69, 9.17) is 18.8 Å². The Morgan fingerprint density at radius 3 is 1.45 bits per heavy atom. The largest absolute Gasteiger partial charge is 0.456 e. The summed E-state index contributed by atoms with van der Waals surface area (Å²) in [6, 6.07) is 76.2. The number of hydrogen-bond acceptors (Lipinski definition) is 4. The highest BCUT2D eigenvalue weighted by atomic mass is 16.3. The van der Waals surface area contributed by atoms with E-state index in [1.165, 1.54) is 0 Å². The lowest BCUT2D eigenvalue weighted by molar-refractivity contribution is 0.669. The molecule has 0 unspecified atom stereocenters. The summed E-state index contributed by atoms with van der Waals surface area (Å²) in [7, 11) is 0. The van der Waals surface area contributed by atoms with Crippen LogP contribution in [0.2, 0.25) is 0 Å². The van der Waals surface area contributed by atoms with Crippen LogP contribution in [0.1, 0.15) is 0 Å². The fraction of sp³-hybridized carbons (Fsp3) is 0. The van der Waals surface area contributed by atoms with Crippen molar-refractivity contribution in [2.75, 3.05) is 0 Å². The maximum absolute atomic E-state index is 6.73. The van der Waals surface area contributed by atoms with Gasteiger partial charge in [0.1, 0.15) is 22.3 Å². The van der Waals surface area contributed by atoms with Crippen molar-refractivity contribution in [3.05, 3.63) is 218 Å². The molecule has 0 fully saturated rings. The lowest BCUT2D eigenvalue weighted by atomic mass is 9.93. The van der Waals surface area contributed by atoms with Gasteiger partial charge in [-0.05, 0) is 93.5 Å². The minimum absolute atomic E-state index is 0.676. The van der Waals surface area contributed by atoms with Crippen molar-refractivity contribution in [1.29, 1.82) is 0 Å². The van der Waals surface area contributed by atoms with Gasteiger partial charge in [0.2, 0.25) is 0 Å². The minimum Gasteiger partial charge on any atom is -0.456 e. The predicted molar refractivity (Wildman–Crippen MR) is 255 cm³/mol. The zero-order valence-corrected chi connectivity index (χ0v) is 33.5. The number of hydrogen-bond donors (Lipinski definition) is 0. The SMILES string of the molecule is c1ccc(-c2cc(-c3ccccc3)cc(-c3cc(-c4ccc(-c5ccc(-c6ccc7oc8ccccc8c7c6)c6c5oc5ccccc56)cc4)nc(-c4ccccc4)n3)c2)cc1. The summed E-state index contributed by atoms with van der Waals surface area (Å²) in [6.45, 7) is 0. The van der Waals surface area contributed by atoms with Gasteiger partial charge in [0, 0.05) is 43.8 Å². The lowest BCUT2D eigenvalue weighted by Crippen LogP contribution is -1.96. The Balaban J connectivity index is 0.980. The molecular weight excluding hydrogens is 757 g/mol. The standard InChI is InChI=1S/C58H36N2O2/c1-4-14-37(15-5-1)43-32-44(38-16-6-2-7-17-38)34-45(33-43)52-36-51(59-58(60-52)41-18-8-3-9-19-41)40-26-24-39(25-27-40)47-30-29-46(56-49-21-11-13-23-54(49)62-57(47)56)42-28-31-55-50(35-42)48-20-10-12-22-53(48)61-55/h1-36H. The third-order valence-electron chi connectivity index (χ3n) is 11.9. The van der Waals surface area contributed by atoms with Crippen molar-refractivity contribution in [2.24, 2.45) is 0 Å². The molecular formula is C58H36N2O2. The van der Waals surface area contributed by atoms with E-state index < -0.39 is 0 Å². The van der Waals surface area contributed by atoms with Crippen LogP contribution >= 0.6 is 0 Å². The first-order valence-corrected chi connectivity index (χ1v) is 20.9. The van der Waals surface area contributed by atoms with E-state index in [0.717, 1.165) is 116 Å². The number of furan rings is 2. The van der Waals surface area contributed by atoms with E-state index in [0.29, 0.717) is 5.82 Å². The fourth-order valence-corrected chi connectivity index (χ4v) is 8.84. The highest BCUT2D eigenvalue weighted by Crippen LogP contribution is 2.43. The number of benzene rings is 9. The van der Waals surface area contributed by atoms with Crippen LogP contribution in [-0.4, -0.2) is 9.97 Å². The third kappa shape index (κ3) is 6.25. The molecule has 0 aliphatic rings. The zero-order valence-electron chi connectivity index (χ0n) is 33.5. The number of para-hydroxylation sites is 2. The van der Waals surface area contributed by atoms with Gasteiger partial charge in [-0.2, -0.15) is 0 Å². The second kappa shape index (κ2) is 14.7. The smallest absolute Gasteiger partial charge is 0.160 e. The Morgan fingerprint density at radius 1 is 0.274 bits per heavy atom. The van der Waals surface area contributed by atoms with Gasteiger partial charge >= 0.3 is 0 Å². The monoisotopic (exact) mass is 792 g/mol. The van der Waals surface area contributed by atoms with Gasteiger partial charge in [-0.1, -0.05) is 164 Å². The van der Waals surface area contributed by atoms with Gasteiger partial charge in [-0.25, -0.2) is 9.97 Å². The molecule has 3 heterocycles. The van der Waals surface area contributed by atoms with Crippen molar-refractivity contribution in [1.82, 2.24) is 9.97 Å². The molecule has 0 aliphatic heterocycles. The molecule has 12 aromatic rings. The van der Waals surface area contributed by atoms with Crippen molar-refractivity contribution in [2.45, 2.75) is 0 Å². The van der Waals surface area contributed by atoms with E-state index in [-0.39, 0.29) is 0 Å².